The summed E-state index contributed by atoms with van der Waals surface area (Å²) < 4.78 is 27.7. The fourth-order valence-corrected chi connectivity index (χ4v) is 2.39. The summed E-state index contributed by atoms with van der Waals surface area (Å²) in [7, 11) is -3.21. The number of furan rings is 1. The largest absolute Gasteiger partial charge is 0.459 e. The van der Waals surface area contributed by atoms with Gasteiger partial charge in [0.25, 0.3) is 5.91 Å². The van der Waals surface area contributed by atoms with Crippen LogP contribution in [0.4, 0.5) is 0 Å². The fraction of sp³-hybridized carbons (Fsp3) is 0.214. The van der Waals surface area contributed by atoms with Gasteiger partial charge in [0.1, 0.15) is 0 Å². The second-order valence-corrected chi connectivity index (χ2v) is 6.53. The van der Waals surface area contributed by atoms with Crippen molar-refractivity contribution < 1.29 is 17.6 Å². The molecule has 1 aromatic heterocycles. The third kappa shape index (κ3) is 3.27. The molecule has 20 heavy (non-hydrogen) atoms. The minimum Gasteiger partial charge on any atom is -0.459 e. The Hall–Kier alpha value is -2.08. The number of hydrogen-bond acceptors (Lipinski definition) is 4. The predicted octanol–water partition coefficient (Wildman–Crippen LogP) is 2.17. The van der Waals surface area contributed by atoms with Crippen LogP contribution in [0.25, 0.3) is 0 Å². The van der Waals surface area contributed by atoms with Crippen LogP contribution < -0.4 is 5.32 Å². The Morgan fingerprint density at radius 2 is 1.85 bits per heavy atom. The zero-order chi connectivity index (χ0) is 14.8. The Balaban J connectivity index is 2.10. The number of hydrogen-bond donors (Lipinski definition) is 1. The maximum absolute atomic E-state index is 11.8. The van der Waals surface area contributed by atoms with E-state index in [4.69, 9.17) is 4.42 Å². The van der Waals surface area contributed by atoms with E-state index < -0.39 is 9.84 Å². The van der Waals surface area contributed by atoms with E-state index in [2.05, 4.69) is 5.32 Å². The Morgan fingerprint density at radius 1 is 1.20 bits per heavy atom. The zero-order valence-electron chi connectivity index (χ0n) is 11.2. The molecule has 1 unspecified atom stereocenters. The van der Waals surface area contributed by atoms with Gasteiger partial charge in [-0.2, -0.15) is 0 Å². The molecule has 0 bridgehead atoms. The van der Waals surface area contributed by atoms with Gasteiger partial charge in [-0.25, -0.2) is 8.42 Å². The molecule has 1 N–H and O–H groups in total. The molecular weight excluding hydrogens is 278 g/mol. The molecule has 0 aliphatic rings. The molecule has 1 heterocycles. The lowest BCUT2D eigenvalue weighted by atomic mass is 10.1. The number of carbonyl (C=O) groups is 1. The number of benzene rings is 1. The van der Waals surface area contributed by atoms with Gasteiger partial charge in [-0.15, -0.1) is 0 Å². The summed E-state index contributed by atoms with van der Waals surface area (Å²) >= 11 is 0. The maximum atomic E-state index is 11.8. The number of nitrogens with one attached hydrogen (secondary N) is 1. The topological polar surface area (TPSA) is 76.4 Å². The molecular formula is C14H15NO4S. The highest BCUT2D eigenvalue weighted by molar-refractivity contribution is 7.90. The van der Waals surface area contributed by atoms with Crippen molar-refractivity contribution in [2.45, 2.75) is 17.9 Å². The highest BCUT2D eigenvalue weighted by Gasteiger charge is 2.14. The van der Waals surface area contributed by atoms with Crippen molar-refractivity contribution in [2.75, 3.05) is 6.26 Å². The lowest BCUT2D eigenvalue weighted by Crippen LogP contribution is -2.26. The molecule has 0 fully saturated rings. The van der Waals surface area contributed by atoms with Gasteiger partial charge in [-0.3, -0.25) is 4.79 Å². The van der Waals surface area contributed by atoms with E-state index in [-0.39, 0.29) is 22.6 Å². The summed E-state index contributed by atoms with van der Waals surface area (Å²) in [5.74, 6) is -0.0701. The van der Waals surface area contributed by atoms with Gasteiger partial charge in [-0.1, -0.05) is 12.1 Å². The van der Waals surface area contributed by atoms with Crippen LogP contribution in [0, 0.1) is 0 Å². The summed E-state index contributed by atoms with van der Waals surface area (Å²) in [5, 5.41) is 2.77. The van der Waals surface area contributed by atoms with E-state index in [9.17, 15) is 13.2 Å². The number of carbonyl (C=O) groups excluding carboxylic acids is 1. The molecule has 1 aromatic carbocycles. The summed E-state index contributed by atoms with van der Waals surface area (Å²) in [6, 6.07) is 9.39. The molecule has 0 spiro atoms. The van der Waals surface area contributed by atoms with Gasteiger partial charge in [0.2, 0.25) is 0 Å². The summed E-state index contributed by atoms with van der Waals surface area (Å²) in [6.07, 6.45) is 2.59. The van der Waals surface area contributed by atoms with Gasteiger partial charge >= 0.3 is 0 Å². The molecule has 0 saturated carbocycles. The second-order valence-electron chi connectivity index (χ2n) is 4.51. The van der Waals surface area contributed by atoms with Crippen LogP contribution in [0.3, 0.4) is 0 Å². The smallest absolute Gasteiger partial charge is 0.287 e. The van der Waals surface area contributed by atoms with Crippen molar-refractivity contribution >= 4 is 15.7 Å². The molecule has 5 nitrogen and oxygen atoms in total. The van der Waals surface area contributed by atoms with E-state index in [0.717, 1.165) is 11.8 Å². The fourth-order valence-electron chi connectivity index (χ4n) is 1.76. The van der Waals surface area contributed by atoms with E-state index in [1.807, 2.05) is 6.92 Å². The normalized spacial score (nSPS) is 12.9. The van der Waals surface area contributed by atoms with Crippen LogP contribution in [-0.4, -0.2) is 20.6 Å². The van der Waals surface area contributed by atoms with E-state index in [1.165, 1.54) is 18.4 Å². The van der Waals surface area contributed by atoms with Crippen molar-refractivity contribution in [1.82, 2.24) is 5.32 Å². The van der Waals surface area contributed by atoms with E-state index >= 15 is 0 Å². The second kappa shape index (κ2) is 5.50. The minimum absolute atomic E-state index is 0.240. The first-order chi connectivity index (χ1) is 9.38. The first-order valence-electron chi connectivity index (χ1n) is 6.02. The first-order valence-corrected chi connectivity index (χ1v) is 7.91. The van der Waals surface area contributed by atoms with Gasteiger partial charge in [0.15, 0.2) is 15.6 Å². The Kier molecular flexibility index (Phi) is 3.94. The van der Waals surface area contributed by atoms with Crippen LogP contribution in [0.1, 0.15) is 29.1 Å². The lowest BCUT2D eigenvalue weighted by molar-refractivity contribution is 0.0912. The minimum atomic E-state index is -3.21. The van der Waals surface area contributed by atoms with Gasteiger partial charge in [0, 0.05) is 6.26 Å². The van der Waals surface area contributed by atoms with E-state index in [1.54, 1.807) is 24.3 Å². The number of sulfone groups is 1. The van der Waals surface area contributed by atoms with E-state index in [0.29, 0.717) is 0 Å². The van der Waals surface area contributed by atoms with Crippen LogP contribution in [0.15, 0.2) is 52.0 Å². The van der Waals surface area contributed by atoms with Gasteiger partial charge < -0.3 is 9.73 Å². The Labute approximate surface area is 117 Å². The van der Waals surface area contributed by atoms with Crippen molar-refractivity contribution in [2.24, 2.45) is 0 Å². The number of rotatable bonds is 4. The van der Waals surface area contributed by atoms with Crippen molar-refractivity contribution in [1.29, 1.82) is 0 Å². The van der Waals surface area contributed by atoms with Crippen LogP contribution in [0.2, 0.25) is 0 Å². The summed E-state index contributed by atoms with van der Waals surface area (Å²) in [5.41, 5.74) is 0.817. The third-order valence-electron chi connectivity index (χ3n) is 2.90. The van der Waals surface area contributed by atoms with Crippen LogP contribution in [0.5, 0.6) is 0 Å². The van der Waals surface area contributed by atoms with Crippen molar-refractivity contribution in [3.63, 3.8) is 0 Å². The molecule has 106 valence electrons. The monoisotopic (exact) mass is 293 g/mol. The SMILES string of the molecule is CC(NC(=O)c1ccco1)c1ccc(S(C)(=O)=O)cc1. The van der Waals surface area contributed by atoms with Crippen LogP contribution >= 0.6 is 0 Å². The lowest BCUT2D eigenvalue weighted by Gasteiger charge is -2.13. The average Bonchev–Trinajstić information content (AvgIpc) is 2.91. The standard InChI is InChI=1S/C14H15NO4S/c1-10(15-14(16)13-4-3-9-19-13)11-5-7-12(8-6-11)20(2,17)18/h3-10H,1-2H3,(H,15,16). The highest BCUT2D eigenvalue weighted by Crippen LogP contribution is 2.16. The molecule has 6 heteroatoms. The quantitative estimate of drug-likeness (QED) is 0.937. The maximum Gasteiger partial charge on any atom is 0.287 e. The molecule has 0 saturated heterocycles. The highest BCUT2D eigenvalue weighted by atomic mass is 32.2. The molecule has 2 aromatic rings. The van der Waals surface area contributed by atoms with Crippen molar-refractivity contribution in [3.05, 3.63) is 54.0 Å². The van der Waals surface area contributed by atoms with Gasteiger partial charge in [-0.05, 0) is 36.8 Å². The molecule has 1 atom stereocenters. The molecule has 0 aliphatic carbocycles. The van der Waals surface area contributed by atoms with Gasteiger partial charge in [0.05, 0.1) is 17.2 Å². The third-order valence-corrected chi connectivity index (χ3v) is 4.03. The molecule has 1 amide bonds. The molecule has 2 rings (SSSR count). The summed E-state index contributed by atoms with van der Waals surface area (Å²) in [6.45, 7) is 1.82. The summed E-state index contributed by atoms with van der Waals surface area (Å²) in [4.78, 5) is 12.1. The predicted molar refractivity (Wildman–Crippen MR) is 74.1 cm³/mol. The Morgan fingerprint density at radius 3 is 2.35 bits per heavy atom. The average molecular weight is 293 g/mol. The molecule has 0 radical (unpaired) electrons. The Bertz CT molecular complexity index is 687. The first kappa shape index (κ1) is 14.3. The van der Waals surface area contributed by atoms with Crippen molar-refractivity contribution in [3.8, 4) is 0 Å². The number of amides is 1. The zero-order valence-corrected chi connectivity index (χ0v) is 12.0. The van der Waals surface area contributed by atoms with Crippen LogP contribution in [-0.2, 0) is 9.84 Å². The molecule has 0 aliphatic heterocycles.